The van der Waals surface area contributed by atoms with E-state index >= 15 is 0 Å². The number of benzene rings is 1. The van der Waals surface area contributed by atoms with Crippen LogP contribution in [0.1, 0.15) is 52.7 Å². The molecule has 1 aromatic carbocycles. The van der Waals surface area contributed by atoms with Crippen molar-refractivity contribution in [2.24, 2.45) is 5.92 Å². The predicted molar refractivity (Wildman–Crippen MR) is 90.4 cm³/mol. The molecule has 4 rings (SSSR count). The largest absolute Gasteiger partial charge is 0.386 e. The number of nitriles is 1. The van der Waals surface area contributed by atoms with Crippen molar-refractivity contribution in [1.82, 2.24) is 14.7 Å². The zero-order chi connectivity index (χ0) is 17.4. The summed E-state index contributed by atoms with van der Waals surface area (Å²) in [6, 6.07) is 10.9. The average molecular weight is 336 g/mol. The van der Waals surface area contributed by atoms with Crippen molar-refractivity contribution in [3.05, 3.63) is 52.8 Å². The summed E-state index contributed by atoms with van der Waals surface area (Å²) in [5, 5.41) is 24.1. The Kier molecular flexibility index (Phi) is 4.02. The molecule has 2 heterocycles. The molecule has 6 heteroatoms. The Labute approximate surface area is 146 Å². The van der Waals surface area contributed by atoms with E-state index in [4.69, 9.17) is 0 Å². The molecule has 1 atom stereocenters. The van der Waals surface area contributed by atoms with Gasteiger partial charge in [0.15, 0.2) is 0 Å². The molecule has 2 aromatic rings. The first-order valence-electron chi connectivity index (χ1n) is 8.70. The molecule has 1 aliphatic heterocycles. The van der Waals surface area contributed by atoms with Gasteiger partial charge in [0.2, 0.25) is 0 Å². The minimum Gasteiger partial charge on any atom is -0.386 e. The second-order valence-electron chi connectivity index (χ2n) is 6.80. The van der Waals surface area contributed by atoms with Gasteiger partial charge in [0.05, 0.1) is 35.1 Å². The van der Waals surface area contributed by atoms with Crippen molar-refractivity contribution >= 4 is 5.91 Å². The van der Waals surface area contributed by atoms with Crippen LogP contribution in [-0.2, 0) is 13.1 Å². The van der Waals surface area contributed by atoms with Gasteiger partial charge in [-0.2, -0.15) is 10.4 Å². The van der Waals surface area contributed by atoms with E-state index in [1.54, 1.807) is 29.2 Å². The van der Waals surface area contributed by atoms with Crippen LogP contribution in [0.3, 0.4) is 0 Å². The number of aromatic nitrogens is 2. The number of hydrogen-bond acceptors (Lipinski definition) is 4. The lowest BCUT2D eigenvalue weighted by molar-refractivity contribution is 0.0745. The summed E-state index contributed by atoms with van der Waals surface area (Å²) in [5.41, 5.74) is 2.49. The third-order valence-electron chi connectivity index (χ3n) is 4.97. The van der Waals surface area contributed by atoms with E-state index in [2.05, 4.69) is 11.2 Å². The molecule has 2 aliphatic rings. The van der Waals surface area contributed by atoms with E-state index in [1.807, 2.05) is 10.7 Å². The van der Waals surface area contributed by atoms with Gasteiger partial charge in [0, 0.05) is 13.1 Å². The number of carbonyl (C=O) groups is 1. The molecule has 1 amide bonds. The molecule has 6 nitrogen and oxygen atoms in total. The summed E-state index contributed by atoms with van der Waals surface area (Å²) < 4.78 is 1.91. The van der Waals surface area contributed by atoms with Crippen molar-refractivity contribution in [2.75, 3.05) is 6.54 Å². The van der Waals surface area contributed by atoms with Crippen LogP contribution in [0.2, 0.25) is 0 Å². The SMILES string of the molecule is N#Cc1ccccc1C(=O)N1CCCn2nc(C(O)C3CC3)cc2C1. The van der Waals surface area contributed by atoms with Crippen LogP contribution in [0.4, 0.5) is 0 Å². The lowest BCUT2D eigenvalue weighted by Crippen LogP contribution is -2.31. The van der Waals surface area contributed by atoms with Crippen LogP contribution in [0.5, 0.6) is 0 Å². The van der Waals surface area contributed by atoms with Crippen LogP contribution in [0.15, 0.2) is 30.3 Å². The highest BCUT2D eigenvalue weighted by molar-refractivity contribution is 5.96. The van der Waals surface area contributed by atoms with Gasteiger partial charge in [-0.15, -0.1) is 0 Å². The molecular formula is C19H20N4O2. The number of aliphatic hydroxyl groups excluding tert-OH is 1. The monoisotopic (exact) mass is 336 g/mol. The minimum absolute atomic E-state index is 0.129. The van der Waals surface area contributed by atoms with Gasteiger partial charge < -0.3 is 10.0 Å². The molecule has 0 saturated heterocycles. The smallest absolute Gasteiger partial charge is 0.255 e. The van der Waals surface area contributed by atoms with Crippen LogP contribution in [0, 0.1) is 17.2 Å². The quantitative estimate of drug-likeness (QED) is 0.932. The summed E-state index contributed by atoms with van der Waals surface area (Å²) in [5.74, 6) is 0.204. The molecule has 0 radical (unpaired) electrons. The fourth-order valence-corrected chi connectivity index (χ4v) is 3.39. The van der Waals surface area contributed by atoms with E-state index in [9.17, 15) is 15.2 Å². The first-order chi connectivity index (χ1) is 12.2. The Morgan fingerprint density at radius 3 is 2.88 bits per heavy atom. The minimum atomic E-state index is -0.497. The number of carbonyl (C=O) groups excluding carboxylic acids is 1. The van der Waals surface area contributed by atoms with Gasteiger partial charge >= 0.3 is 0 Å². The Bertz CT molecular complexity index is 847. The van der Waals surface area contributed by atoms with Gasteiger partial charge in [-0.05, 0) is 43.4 Å². The summed E-state index contributed by atoms with van der Waals surface area (Å²) in [6.45, 7) is 1.81. The van der Waals surface area contributed by atoms with Crippen LogP contribution in [-0.4, -0.2) is 32.2 Å². The van der Waals surface area contributed by atoms with E-state index in [0.717, 1.165) is 31.5 Å². The number of fused-ring (bicyclic) bond motifs is 1. The number of aliphatic hydroxyl groups is 1. The van der Waals surface area contributed by atoms with Crippen molar-refractivity contribution in [2.45, 2.75) is 38.5 Å². The number of aryl methyl sites for hydroxylation is 1. The molecule has 128 valence electrons. The van der Waals surface area contributed by atoms with E-state index in [-0.39, 0.29) is 5.91 Å². The molecule has 0 bridgehead atoms. The third kappa shape index (κ3) is 3.03. The summed E-state index contributed by atoms with van der Waals surface area (Å²) in [6.07, 6.45) is 2.41. The molecular weight excluding hydrogens is 316 g/mol. The molecule has 1 aliphatic carbocycles. The number of amides is 1. The van der Waals surface area contributed by atoms with Crippen LogP contribution < -0.4 is 0 Å². The fraction of sp³-hybridized carbons (Fsp3) is 0.421. The molecule has 1 saturated carbocycles. The average Bonchev–Trinajstić information content (AvgIpc) is 3.44. The zero-order valence-electron chi connectivity index (χ0n) is 13.9. The summed E-state index contributed by atoms with van der Waals surface area (Å²) >= 11 is 0. The Hall–Kier alpha value is -2.65. The third-order valence-corrected chi connectivity index (χ3v) is 4.97. The summed E-state index contributed by atoms with van der Waals surface area (Å²) in [7, 11) is 0. The predicted octanol–water partition coefficient (Wildman–Crippen LogP) is 2.24. The normalized spacial score (nSPS) is 18.2. The van der Waals surface area contributed by atoms with Gasteiger partial charge in [0.1, 0.15) is 6.10 Å². The molecule has 1 N–H and O–H groups in total. The number of nitrogens with zero attached hydrogens (tertiary/aromatic N) is 4. The van der Waals surface area contributed by atoms with Crippen LogP contribution in [0.25, 0.3) is 0 Å². The first kappa shape index (κ1) is 15.9. The second kappa shape index (κ2) is 6.34. The van der Waals surface area contributed by atoms with Gasteiger partial charge in [-0.3, -0.25) is 9.48 Å². The first-order valence-corrected chi connectivity index (χ1v) is 8.70. The lowest BCUT2D eigenvalue weighted by atomic mass is 10.1. The van der Waals surface area contributed by atoms with E-state index < -0.39 is 6.10 Å². The summed E-state index contributed by atoms with van der Waals surface area (Å²) in [4.78, 5) is 14.7. The highest BCUT2D eigenvalue weighted by atomic mass is 16.3. The van der Waals surface area contributed by atoms with Crippen molar-refractivity contribution in [3.8, 4) is 6.07 Å². The molecule has 1 unspecified atom stereocenters. The Morgan fingerprint density at radius 1 is 1.32 bits per heavy atom. The highest BCUT2D eigenvalue weighted by Crippen LogP contribution is 2.40. The topological polar surface area (TPSA) is 82.2 Å². The van der Waals surface area contributed by atoms with E-state index in [1.165, 1.54) is 0 Å². The highest BCUT2D eigenvalue weighted by Gasteiger charge is 2.33. The maximum Gasteiger partial charge on any atom is 0.255 e. The maximum absolute atomic E-state index is 12.9. The van der Waals surface area contributed by atoms with Gasteiger partial charge in [-0.25, -0.2) is 0 Å². The maximum atomic E-state index is 12.9. The van der Waals surface area contributed by atoms with Crippen LogP contribution >= 0.6 is 0 Å². The van der Waals surface area contributed by atoms with Gasteiger partial charge in [-0.1, -0.05) is 12.1 Å². The number of rotatable bonds is 3. The fourth-order valence-electron chi connectivity index (χ4n) is 3.39. The molecule has 25 heavy (non-hydrogen) atoms. The van der Waals surface area contributed by atoms with Crippen molar-refractivity contribution < 1.29 is 9.90 Å². The van der Waals surface area contributed by atoms with E-state index in [0.29, 0.717) is 35.8 Å². The Balaban J connectivity index is 1.58. The lowest BCUT2D eigenvalue weighted by Gasteiger charge is -2.20. The molecule has 1 aromatic heterocycles. The Morgan fingerprint density at radius 2 is 2.12 bits per heavy atom. The van der Waals surface area contributed by atoms with Crippen molar-refractivity contribution in [1.29, 1.82) is 5.26 Å². The van der Waals surface area contributed by atoms with Crippen molar-refractivity contribution in [3.63, 3.8) is 0 Å². The number of hydrogen-bond donors (Lipinski definition) is 1. The molecule has 1 fully saturated rings. The zero-order valence-corrected chi connectivity index (χ0v) is 13.9. The second-order valence-corrected chi connectivity index (χ2v) is 6.80. The molecule has 0 spiro atoms. The standard InChI is InChI=1S/C19H20N4O2/c20-11-14-4-1-2-5-16(14)19(25)22-8-3-9-23-15(12-22)10-17(21-23)18(24)13-6-7-13/h1-2,4-5,10,13,18,24H,3,6-9,12H2. The van der Waals surface area contributed by atoms with Gasteiger partial charge in [0.25, 0.3) is 5.91 Å².